The maximum atomic E-state index is 13.0. The Hall–Kier alpha value is 0.100. The van der Waals surface area contributed by atoms with E-state index in [1.807, 2.05) is 6.92 Å². The molecule has 0 saturated carbocycles. The second kappa shape index (κ2) is 10.8. The van der Waals surface area contributed by atoms with E-state index in [1.165, 1.54) is 0 Å². The molecule has 0 aromatic rings. The van der Waals surface area contributed by atoms with Crippen molar-refractivity contribution in [2.75, 3.05) is 18.9 Å². The summed E-state index contributed by atoms with van der Waals surface area (Å²) in [5.74, 6) is -0.736. The minimum atomic E-state index is -4.25. The predicted molar refractivity (Wildman–Crippen MR) is 123 cm³/mol. The Morgan fingerprint density at radius 1 is 0.676 bits per heavy atom. The van der Waals surface area contributed by atoms with Gasteiger partial charge in [-0.25, -0.2) is 0 Å². The van der Waals surface area contributed by atoms with Crippen molar-refractivity contribution in [3.63, 3.8) is 0 Å². The highest BCUT2D eigenvalue weighted by Gasteiger charge is 2.50. The summed E-state index contributed by atoms with van der Waals surface area (Å²) in [6, 6.07) is 0. The second-order valence-electron chi connectivity index (χ2n) is 10.2. The van der Waals surface area contributed by atoms with Crippen LogP contribution in [0.1, 0.15) is 41.5 Å². The summed E-state index contributed by atoms with van der Waals surface area (Å²) in [7, 11) is -8.49. The van der Waals surface area contributed by atoms with Gasteiger partial charge in [-0.3, -0.25) is 9.13 Å². The van der Waals surface area contributed by atoms with Crippen LogP contribution in [0.25, 0.3) is 0 Å². The van der Waals surface area contributed by atoms with Gasteiger partial charge >= 0.3 is 15.2 Å². The molecule has 200 valence electrons. The molecule has 3 aliphatic rings. The smallest absolute Gasteiger partial charge is 0.331 e. The fourth-order valence-corrected chi connectivity index (χ4v) is 8.05. The van der Waals surface area contributed by atoms with Crippen molar-refractivity contribution in [1.29, 1.82) is 0 Å². The SMILES string of the molecule is CC1[C@H](C)O[C@H](CP(=O)(O)O[C@@H]2C(C)[C@H](C)O[C@@H]2CP(=O)(O)O[C@@H]2C(C)[C@H](C)O[C@@H]2CO)[C@@H]1O. The van der Waals surface area contributed by atoms with Crippen molar-refractivity contribution >= 4 is 15.2 Å². The Morgan fingerprint density at radius 3 is 1.50 bits per heavy atom. The summed E-state index contributed by atoms with van der Waals surface area (Å²) in [6.45, 7) is 10.4. The van der Waals surface area contributed by atoms with Gasteiger partial charge in [0.1, 0.15) is 12.2 Å². The molecule has 3 fully saturated rings. The maximum Gasteiger partial charge on any atom is 0.331 e. The molecule has 3 aliphatic heterocycles. The highest BCUT2D eigenvalue weighted by molar-refractivity contribution is 7.53. The minimum Gasteiger partial charge on any atom is -0.394 e. The molecular weight excluding hydrogens is 490 g/mol. The van der Waals surface area contributed by atoms with Crippen molar-refractivity contribution in [3.8, 4) is 0 Å². The Morgan fingerprint density at radius 2 is 1.06 bits per heavy atom. The predicted octanol–water partition coefficient (Wildman–Crippen LogP) is 1.75. The molecule has 0 spiro atoms. The fraction of sp³-hybridized carbons (Fsp3) is 1.00. The summed E-state index contributed by atoms with van der Waals surface area (Å²) in [4.78, 5) is 21.2. The number of ether oxygens (including phenoxy) is 3. The zero-order chi connectivity index (χ0) is 25.6. The second-order valence-corrected chi connectivity index (χ2v) is 13.9. The molecule has 0 aromatic heterocycles. The number of hydrogen-bond acceptors (Lipinski definition) is 9. The first-order chi connectivity index (χ1) is 15.7. The van der Waals surface area contributed by atoms with Crippen LogP contribution in [0.4, 0.5) is 0 Å². The third-order valence-electron chi connectivity index (χ3n) is 7.65. The summed E-state index contributed by atoms with van der Waals surface area (Å²) in [5.41, 5.74) is 0. The maximum absolute atomic E-state index is 13.0. The van der Waals surface area contributed by atoms with Crippen LogP contribution >= 0.6 is 15.2 Å². The van der Waals surface area contributed by atoms with Crippen molar-refractivity contribution in [1.82, 2.24) is 0 Å². The van der Waals surface area contributed by atoms with E-state index in [-0.39, 0.29) is 42.7 Å². The summed E-state index contributed by atoms with van der Waals surface area (Å²) < 4.78 is 54.2. The van der Waals surface area contributed by atoms with Crippen molar-refractivity contribution in [3.05, 3.63) is 0 Å². The van der Waals surface area contributed by atoms with E-state index in [1.54, 1.807) is 34.6 Å². The summed E-state index contributed by atoms with van der Waals surface area (Å²) >= 11 is 0. The molecule has 0 bridgehead atoms. The Balaban J connectivity index is 1.68. The lowest BCUT2D eigenvalue weighted by Crippen LogP contribution is -2.35. The molecule has 5 unspecified atom stereocenters. The lowest BCUT2D eigenvalue weighted by atomic mass is 10.00. The van der Waals surface area contributed by atoms with E-state index in [0.717, 1.165) is 0 Å². The van der Waals surface area contributed by atoms with Gasteiger partial charge in [0.05, 0.1) is 61.7 Å². The fourth-order valence-electron chi connectivity index (χ4n) is 4.96. The average Bonchev–Trinajstić information content (AvgIpc) is 3.24. The monoisotopic (exact) mass is 530 g/mol. The first-order valence-electron chi connectivity index (χ1n) is 11.9. The first-order valence-corrected chi connectivity index (χ1v) is 15.4. The van der Waals surface area contributed by atoms with Gasteiger partial charge in [-0.1, -0.05) is 20.8 Å². The lowest BCUT2D eigenvalue weighted by molar-refractivity contribution is -0.0147. The molecule has 0 aromatic carbocycles. The number of aliphatic hydroxyl groups excluding tert-OH is 2. The molecule has 4 N–H and O–H groups in total. The molecule has 13 heteroatoms. The van der Waals surface area contributed by atoms with Gasteiger partial charge in [0.25, 0.3) is 0 Å². The van der Waals surface area contributed by atoms with Crippen LogP contribution in [0, 0.1) is 17.8 Å². The van der Waals surface area contributed by atoms with Gasteiger partial charge in [0.15, 0.2) is 0 Å². The van der Waals surface area contributed by atoms with E-state index in [4.69, 9.17) is 23.3 Å². The van der Waals surface area contributed by atoms with Gasteiger partial charge in [-0.15, -0.1) is 0 Å². The topological polar surface area (TPSA) is 161 Å². The first kappa shape index (κ1) is 28.7. The Labute approximate surface area is 201 Å². The van der Waals surface area contributed by atoms with Gasteiger partial charge in [-0.05, 0) is 20.8 Å². The highest BCUT2D eigenvalue weighted by atomic mass is 31.2. The molecule has 11 nitrogen and oxygen atoms in total. The molecule has 0 aliphatic carbocycles. The van der Waals surface area contributed by atoms with Crippen LogP contribution in [0.2, 0.25) is 0 Å². The number of hydrogen-bond donors (Lipinski definition) is 4. The van der Waals surface area contributed by atoms with E-state index in [2.05, 4.69) is 0 Å². The van der Waals surface area contributed by atoms with Crippen molar-refractivity contribution in [2.24, 2.45) is 17.8 Å². The molecule has 3 rings (SSSR count). The van der Waals surface area contributed by atoms with Crippen LogP contribution in [-0.2, 0) is 32.4 Å². The van der Waals surface area contributed by atoms with Gasteiger partial charge in [0.2, 0.25) is 0 Å². The summed E-state index contributed by atoms with van der Waals surface area (Å²) in [6.07, 6.45) is -6.87. The third kappa shape index (κ3) is 6.32. The molecule has 0 radical (unpaired) electrons. The number of aliphatic hydroxyl groups is 2. The van der Waals surface area contributed by atoms with E-state index in [9.17, 15) is 29.1 Å². The minimum absolute atomic E-state index is 0.184. The molecule has 34 heavy (non-hydrogen) atoms. The van der Waals surface area contributed by atoms with Crippen molar-refractivity contribution < 1.29 is 52.4 Å². The zero-order valence-electron chi connectivity index (χ0n) is 20.6. The van der Waals surface area contributed by atoms with Crippen LogP contribution in [-0.4, -0.2) is 93.9 Å². The third-order valence-corrected chi connectivity index (χ3v) is 10.4. The quantitative estimate of drug-likeness (QED) is 0.322. The van der Waals surface area contributed by atoms with Crippen LogP contribution < -0.4 is 0 Å². The average molecular weight is 530 g/mol. The molecule has 3 heterocycles. The Bertz CT molecular complexity index is 797. The van der Waals surface area contributed by atoms with E-state index < -0.39 is 64.1 Å². The molecular formula is C21H40O11P2. The van der Waals surface area contributed by atoms with Gasteiger partial charge < -0.3 is 43.3 Å². The Kier molecular flexibility index (Phi) is 9.14. The van der Waals surface area contributed by atoms with Crippen LogP contribution in [0.3, 0.4) is 0 Å². The van der Waals surface area contributed by atoms with Crippen molar-refractivity contribution in [2.45, 2.75) is 96.5 Å². The number of rotatable bonds is 9. The molecule has 14 atom stereocenters. The van der Waals surface area contributed by atoms with Crippen LogP contribution in [0.15, 0.2) is 0 Å². The normalized spacial score (nSPS) is 48.6. The zero-order valence-corrected chi connectivity index (χ0v) is 22.4. The highest BCUT2D eigenvalue weighted by Crippen LogP contribution is 2.54. The van der Waals surface area contributed by atoms with Crippen LogP contribution in [0.5, 0.6) is 0 Å². The molecule has 3 saturated heterocycles. The van der Waals surface area contributed by atoms with Gasteiger partial charge in [0, 0.05) is 17.8 Å². The standard InChI is InChI=1S/C21H40O11P2/c1-10-13(4)29-17(19(10)23)8-33(24,25)32-21-12(3)15(6)30-18(21)9-34(26,27)31-20-11(2)14(5)28-16(20)7-22/h10-23H,7-9H2,1-6H3,(H,24,25)(H,26,27)/t10?,11?,12?,13-,14-,15-,16+,17+,18+,19+,20+,21+/m0/s1. The van der Waals surface area contributed by atoms with E-state index >= 15 is 0 Å². The largest absolute Gasteiger partial charge is 0.394 e. The lowest BCUT2D eigenvalue weighted by Gasteiger charge is -2.28. The summed E-state index contributed by atoms with van der Waals surface area (Å²) in [5, 5.41) is 19.9. The molecule has 0 amide bonds. The van der Waals surface area contributed by atoms with E-state index in [0.29, 0.717) is 0 Å². The van der Waals surface area contributed by atoms with Gasteiger partial charge in [-0.2, -0.15) is 0 Å².